The number of rotatable bonds is 2. The first-order chi connectivity index (χ1) is 8.78. The van der Waals surface area contributed by atoms with E-state index in [0.29, 0.717) is 23.2 Å². The van der Waals surface area contributed by atoms with E-state index in [9.17, 15) is 0 Å². The van der Waals surface area contributed by atoms with E-state index in [0.717, 1.165) is 11.3 Å². The second-order valence-corrected chi connectivity index (χ2v) is 4.23. The second kappa shape index (κ2) is 4.36. The van der Waals surface area contributed by atoms with Crippen LogP contribution in [0.15, 0.2) is 36.5 Å². The Morgan fingerprint density at radius 1 is 1.28 bits per heavy atom. The van der Waals surface area contributed by atoms with Crippen LogP contribution in [-0.2, 0) is 6.54 Å². The van der Waals surface area contributed by atoms with E-state index in [1.54, 1.807) is 10.7 Å². The second-order valence-electron chi connectivity index (χ2n) is 3.80. The van der Waals surface area contributed by atoms with E-state index in [1.165, 1.54) is 0 Å². The predicted octanol–water partition coefficient (Wildman–Crippen LogP) is 1.90. The molecule has 0 unspecified atom stereocenters. The molecule has 0 aliphatic rings. The van der Waals surface area contributed by atoms with Gasteiger partial charge in [-0.05, 0) is 18.2 Å². The van der Waals surface area contributed by atoms with Crippen LogP contribution in [0.5, 0.6) is 0 Å². The van der Waals surface area contributed by atoms with Crippen LogP contribution in [0, 0.1) is 0 Å². The highest BCUT2D eigenvalue weighted by Gasteiger charge is 2.09. The summed E-state index contributed by atoms with van der Waals surface area (Å²) >= 11 is 5.95. The molecule has 1 aromatic carbocycles. The van der Waals surface area contributed by atoms with E-state index in [2.05, 4.69) is 15.1 Å². The van der Waals surface area contributed by atoms with Gasteiger partial charge in [-0.15, -0.1) is 5.10 Å². The Morgan fingerprint density at radius 3 is 2.94 bits per heavy atom. The van der Waals surface area contributed by atoms with Gasteiger partial charge in [-0.25, -0.2) is 4.98 Å². The van der Waals surface area contributed by atoms with Gasteiger partial charge >= 0.3 is 0 Å². The third kappa shape index (κ3) is 1.83. The highest BCUT2D eigenvalue weighted by atomic mass is 35.5. The maximum atomic E-state index is 5.95. The van der Waals surface area contributed by atoms with Crippen molar-refractivity contribution in [3.05, 3.63) is 47.2 Å². The first-order valence-corrected chi connectivity index (χ1v) is 5.82. The molecule has 0 saturated carbocycles. The van der Waals surface area contributed by atoms with Crippen LogP contribution in [0.3, 0.4) is 0 Å². The third-order valence-corrected chi connectivity index (χ3v) is 2.85. The fourth-order valence-corrected chi connectivity index (χ4v) is 1.94. The highest BCUT2D eigenvalue weighted by molar-refractivity contribution is 6.30. The molecule has 2 heterocycles. The maximum Gasteiger partial charge on any atom is 0.252 e. The number of aromatic nitrogens is 4. The number of nitrogens with zero attached hydrogens (tertiary/aromatic N) is 4. The van der Waals surface area contributed by atoms with Crippen LogP contribution in [0.25, 0.3) is 17.2 Å². The fraction of sp³-hybridized carbons (Fsp3) is 0.0833. The van der Waals surface area contributed by atoms with Crippen LogP contribution in [0.1, 0.15) is 5.69 Å². The Bertz CT molecular complexity index is 707. The van der Waals surface area contributed by atoms with Crippen molar-refractivity contribution in [2.75, 3.05) is 0 Å². The van der Waals surface area contributed by atoms with Gasteiger partial charge in [-0.3, -0.25) is 0 Å². The standard InChI is InChI=1S/C12H10ClN5/c13-9-3-1-2-8(6-9)11-16-12-15-5-4-10(7-14)18(12)17-11/h1-6H,7,14H2. The van der Waals surface area contributed by atoms with Crippen molar-refractivity contribution in [3.63, 3.8) is 0 Å². The van der Waals surface area contributed by atoms with E-state index in [1.807, 2.05) is 30.3 Å². The lowest BCUT2D eigenvalue weighted by atomic mass is 10.2. The molecule has 0 aliphatic heterocycles. The summed E-state index contributed by atoms with van der Waals surface area (Å²) in [4.78, 5) is 8.52. The SMILES string of the molecule is NCc1ccnc2nc(-c3cccc(Cl)c3)nn12. The Balaban J connectivity index is 2.19. The van der Waals surface area contributed by atoms with Gasteiger partial charge in [0.2, 0.25) is 0 Å². The van der Waals surface area contributed by atoms with E-state index in [4.69, 9.17) is 17.3 Å². The summed E-state index contributed by atoms with van der Waals surface area (Å²) in [5.41, 5.74) is 7.37. The summed E-state index contributed by atoms with van der Waals surface area (Å²) in [6, 6.07) is 9.22. The summed E-state index contributed by atoms with van der Waals surface area (Å²) in [5, 5.41) is 5.05. The lowest BCUT2D eigenvalue weighted by molar-refractivity contribution is 0.837. The number of halogens is 1. The Hall–Kier alpha value is -1.98. The monoisotopic (exact) mass is 259 g/mol. The molecule has 18 heavy (non-hydrogen) atoms. The average molecular weight is 260 g/mol. The minimum atomic E-state index is 0.386. The molecule has 3 rings (SSSR count). The molecule has 5 nitrogen and oxygen atoms in total. The Morgan fingerprint density at radius 2 is 2.17 bits per heavy atom. The molecule has 0 radical (unpaired) electrons. The van der Waals surface area contributed by atoms with Gasteiger partial charge in [0.1, 0.15) is 0 Å². The summed E-state index contributed by atoms with van der Waals surface area (Å²) in [6.07, 6.45) is 1.67. The van der Waals surface area contributed by atoms with Crippen molar-refractivity contribution in [1.29, 1.82) is 0 Å². The predicted molar refractivity (Wildman–Crippen MR) is 69.1 cm³/mol. The first kappa shape index (κ1) is 11.1. The zero-order valence-electron chi connectivity index (χ0n) is 9.42. The van der Waals surface area contributed by atoms with Gasteiger partial charge < -0.3 is 5.73 Å². The maximum absolute atomic E-state index is 5.95. The quantitative estimate of drug-likeness (QED) is 0.763. The van der Waals surface area contributed by atoms with Crippen LogP contribution in [0.4, 0.5) is 0 Å². The van der Waals surface area contributed by atoms with Gasteiger partial charge in [0.25, 0.3) is 5.78 Å². The van der Waals surface area contributed by atoms with Crippen molar-refractivity contribution in [2.45, 2.75) is 6.54 Å². The summed E-state index contributed by atoms with van der Waals surface area (Å²) in [5.74, 6) is 1.12. The lowest BCUT2D eigenvalue weighted by Gasteiger charge is -1.97. The van der Waals surface area contributed by atoms with E-state index in [-0.39, 0.29) is 0 Å². The molecule has 0 fully saturated rings. The molecule has 0 aliphatic carbocycles. The average Bonchev–Trinajstić information content (AvgIpc) is 2.82. The van der Waals surface area contributed by atoms with Crippen molar-refractivity contribution in [3.8, 4) is 11.4 Å². The zero-order chi connectivity index (χ0) is 12.5. The van der Waals surface area contributed by atoms with Gasteiger partial charge in [-0.2, -0.15) is 9.50 Å². The molecule has 0 saturated heterocycles. The molecule has 0 amide bonds. The molecule has 2 aromatic heterocycles. The van der Waals surface area contributed by atoms with Crippen LogP contribution < -0.4 is 5.73 Å². The van der Waals surface area contributed by atoms with Crippen LogP contribution in [0.2, 0.25) is 5.02 Å². The van der Waals surface area contributed by atoms with Gasteiger partial charge in [0, 0.05) is 23.3 Å². The van der Waals surface area contributed by atoms with Crippen LogP contribution in [-0.4, -0.2) is 19.6 Å². The molecule has 3 aromatic rings. The summed E-state index contributed by atoms with van der Waals surface area (Å²) < 4.78 is 1.65. The van der Waals surface area contributed by atoms with Crippen LogP contribution >= 0.6 is 11.6 Å². The first-order valence-electron chi connectivity index (χ1n) is 5.44. The number of hydrogen-bond donors (Lipinski definition) is 1. The van der Waals surface area contributed by atoms with E-state index < -0.39 is 0 Å². The van der Waals surface area contributed by atoms with Gasteiger partial charge in [0.15, 0.2) is 5.82 Å². The zero-order valence-corrected chi connectivity index (χ0v) is 10.2. The largest absolute Gasteiger partial charge is 0.325 e. The summed E-state index contributed by atoms with van der Waals surface area (Å²) in [6.45, 7) is 0.386. The molecule has 6 heteroatoms. The molecule has 2 N–H and O–H groups in total. The van der Waals surface area contributed by atoms with Crippen molar-refractivity contribution in [1.82, 2.24) is 19.6 Å². The molecule has 0 bridgehead atoms. The molecule has 0 atom stereocenters. The van der Waals surface area contributed by atoms with Gasteiger partial charge in [0.05, 0.1) is 5.69 Å². The topological polar surface area (TPSA) is 69.1 Å². The molecule has 0 spiro atoms. The molecular weight excluding hydrogens is 250 g/mol. The van der Waals surface area contributed by atoms with Gasteiger partial charge in [-0.1, -0.05) is 23.7 Å². The van der Waals surface area contributed by atoms with E-state index >= 15 is 0 Å². The normalized spacial score (nSPS) is 11.0. The minimum Gasteiger partial charge on any atom is -0.325 e. The smallest absolute Gasteiger partial charge is 0.252 e. The van der Waals surface area contributed by atoms with Crippen molar-refractivity contribution < 1.29 is 0 Å². The Kier molecular flexibility index (Phi) is 2.70. The minimum absolute atomic E-state index is 0.386. The summed E-state index contributed by atoms with van der Waals surface area (Å²) in [7, 11) is 0. The number of fused-ring (bicyclic) bond motifs is 1. The Labute approximate surface area is 108 Å². The molecular formula is C12H10ClN5. The fourth-order valence-electron chi connectivity index (χ4n) is 1.75. The number of nitrogens with two attached hydrogens (primary N) is 1. The van der Waals surface area contributed by atoms with Crippen molar-refractivity contribution >= 4 is 17.4 Å². The number of hydrogen-bond acceptors (Lipinski definition) is 4. The third-order valence-electron chi connectivity index (χ3n) is 2.61. The van der Waals surface area contributed by atoms with Crippen molar-refractivity contribution in [2.24, 2.45) is 5.73 Å². The lowest BCUT2D eigenvalue weighted by Crippen LogP contribution is -2.05. The number of benzene rings is 1. The molecule has 90 valence electrons. The highest BCUT2D eigenvalue weighted by Crippen LogP contribution is 2.20.